The van der Waals surface area contributed by atoms with Crippen LogP contribution < -0.4 is 5.32 Å². The SMILES string of the molecule is COC(=O)[C@H](Cc1ccc(F)cc1)NC(=O)CN=[N+]=[N-]. The third-order valence-electron chi connectivity index (χ3n) is 2.45. The zero-order valence-corrected chi connectivity index (χ0v) is 10.7. The van der Waals surface area contributed by atoms with Gasteiger partial charge in [-0.2, -0.15) is 0 Å². The Labute approximate surface area is 114 Å². The molecule has 0 saturated heterocycles. The van der Waals surface area contributed by atoms with Gasteiger partial charge in [-0.25, -0.2) is 9.18 Å². The first-order valence-electron chi connectivity index (χ1n) is 5.69. The van der Waals surface area contributed by atoms with Crippen molar-refractivity contribution in [3.63, 3.8) is 0 Å². The first-order valence-corrected chi connectivity index (χ1v) is 5.69. The Morgan fingerprint density at radius 2 is 2.10 bits per heavy atom. The number of nitrogens with one attached hydrogen (secondary N) is 1. The number of carbonyl (C=O) groups is 2. The number of amides is 1. The summed E-state index contributed by atoms with van der Waals surface area (Å²) in [7, 11) is 1.19. The lowest BCUT2D eigenvalue weighted by molar-refractivity contribution is -0.144. The van der Waals surface area contributed by atoms with Gasteiger partial charge >= 0.3 is 5.97 Å². The van der Waals surface area contributed by atoms with Gasteiger partial charge in [-0.05, 0) is 23.2 Å². The van der Waals surface area contributed by atoms with E-state index in [-0.39, 0.29) is 6.42 Å². The lowest BCUT2D eigenvalue weighted by atomic mass is 10.1. The van der Waals surface area contributed by atoms with E-state index in [0.717, 1.165) is 0 Å². The molecule has 1 rings (SSSR count). The van der Waals surface area contributed by atoms with Crippen LogP contribution in [0.5, 0.6) is 0 Å². The first-order chi connectivity index (χ1) is 9.56. The lowest BCUT2D eigenvalue weighted by Gasteiger charge is -2.16. The molecule has 20 heavy (non-hydrogen) atoms. The van der Waals surface area contributed by atoms with E-state index in [9.17, 15) is 14.0 Å². The molecule has 1 atom stereocenters. The van der Waals surface area contributed by atoms with E-state index in [1.165, 1.54) is 31.4 Å². The van der Waals surface area contributed by atoms with Crippen molar-refractivity contribution in [1.82, 2.24) is 5.32 Å². The Hall–Kier alpha value is -2.60. The van der Waals surface area contributed by atoms with E-state index in [1.54, 1.807) is 0 Å². The number of benzene rings is 1. The third-order valence-corrected chi connectivity index (χ3v) is 2.45. The molecule has 0 unspecified atom stereocenters. The largest absolute Gasteiger partial charge is 0.467 e. The van der Waals surface area contributed by atoms with E-state index < -0.39 is 30.3 Å². The highest BCUT2D eigenvalue weighted by Crippen LogP contribution is 2.07. The Morgan fingerprint density at radius 3 is 2.65 bits per heavy atom. The number of ether oxygens (including phenoxy) is 1. The summed E-state index contributed by atoms with van der Waals surface area (Å²) in [4.78, 5) is 25.5. The van der Waals surface area contributed by atoms with E-state index in [0.29, 0.717) is 5.56 Å². The van der Waals surface area contributed by atoms with Crippen LogP contribution in [-0.2, 0) is 20.7 Å². The molecule has 1 amide bonds. The van der Waals surface area contributed by atoms with Crippen molar-refractivity contribution in [3.05, 3.63) is 46.1 Å². The molecule has 0 aromatic heterocycles. The molecule has 8 heteroatoms. The maximum Gasteiger partial charge on any atom is 0.328 e. The summed E-state index contributed by atoms with van der Waals surface area (Å²) < 4.78 is 17.4. The van der Waals surface area contributed by atoms with Crippen LogP contribution in [0.25, 0.3) is 10.4 Å². The highest BCUT2D eigenvalue weighted by molar-refractivity contribution is 5.85. The van der Waals surface area contributed by atoms with Crippen molar-refractivity contribution in [2.24, 2.45) is 5.11 Å². The van der Waals surface area contributed by atoms with Crippen molar-refractivity contribution in [2.45, 2.75) is 12.5 Å². The predicted octanol–water partition coefficient (Wildman–Crippen LogP) is 1.34. The molecule has 0 radical (unpaired) electrons. The van der Waals surface area contributed by atoms with Crippen molar-refractivity contribution in [1.29, 1.82) is 0 Å². The number of nitrogens with zero attached hydrogens (tertiary/aromatic N) is 3. The molecule has 0 fully saturated rings. The Morgan fingerprint density at radius 1 is 1.45 bits per heavy atom. The zero-order chi connectivity index (χ0) is 15.0. The molecule has 1 N–H and O–H groups in total. The summed E-state index contributed by atoms with van der Waals surface area (Å²) in [6, 6.07) is 4.60. The highest BCUT2D eigenvalue weighted by Gasteiger charge is 2.21. The summed E-state index contributed by atoms with van der Waals surface area (Å²) in [5.41, 5.74) is 8.78. The van der Waals surface area contributed by atoms with Gasteiger partial charge in [-0.3, -0.25) is 4.79 Å². The summed E-state index contributed by atoms with van der Waals surface area (Å²) >= 11 is 0. The Bertz CT molecular complexity index is 526. The normalized spacial score (nSPS) is 11.1. The highest BCUT2D eigenvalue weighted by atomic mass is 19.1. The second-order valence-electron chi connectivity index (χ2n) is 3.86. The predicted molar refractivity (Wildman–Crippen MR) is 68.1 cm³/mol. The van der Waals surface area contributed by atoms with Crippen LogP contribution in [0, 0.1) is 5.82 Å². The summed E-state index contributed by atoms with van der Waals surface area (Å²) in [6.07, 6.45) is 0.148. The molecule has 0 aliphatic carbocycles. The van der Waals surface area contributed by atoms with Gasteiger partial charge in [0.05, 0.1) is 7.11 Å². The maximum atomic E-state index is 12.8. The quantitative estimate of drug-likeness (QED) is 0.368. The van der Waals surface area contributed by atoms with E-state index >= 15 is 0 Å². The third kappa shape index (κ3) is 4.95. The molecule has 0 saturated carbocycles. The number of rotatable bonds is 6. The van der Waals surface area contributed by atoms with Gasteiger partial charge in [-0.15, -0.1) is 0 Å². The van der Waals surface area contributed by atoms with Gasteiger partial charge in [0, 0.05) is 11.3 Å². The van der Waals surface area contributed by atoms with Crippen LogP contribution in [-0.4, -0.2) is 31.6 Å². The molecular weight excluding hydrogens is 267 g/mol. The minimum absolute atomic E-state index is 0.148. The van der Waals surface area contributed by atoms with Crippen LogP contribution >= 0.6 is 0 Å². The fourth-order valence-electron chi connectivity index (χ4n) is 1.53. The van der Waals surface area contributed by atoms with E-state index in [4.69, 9.17) is 5.53 Å². The molecule has 0 aliphatic heterocycles. The molecule has 1 aromatic carbocycles. The van der Waals surface area contributed by atoms with Crippen LogP contribution in [0.2, 0.25) is 0 Å². The minimum atomic E-state index is -0.924. The summed E-state index contributed by atoms with van der Waals surface area (Å²) in [5.74, 6) is -1.63. The monoisotopic (exact) mass is 280 g/mol. The summed E-state index contributed by atoms with van der Waals surface area (Å²) in [6.45, 7) is -0.409. The number of esters is 1. The number of methoxy groups -OCH3 is 1. The van der Waals surface area contributed by atoms with E-state index in [2.05, 4.69) is 20.1 Å². The molecule has 0 heterocycles. The number of hydrogen-bond donors (Lipinski definition) is 1. The van der Waals surface area contributed by atoms with Crippen LogP contribution in [0.3, 0.4) is 0 Å². The molecule has 0 spiro atoms. The average Bonchev–Trinajstić information content (AvgIpc) is 2.45. The van der Waals surface area contributed by atoms with Crippen molar-refractivity contribution < 1.29 is 18.7 Å². The van der Waals surface area contributed by atoms with E-state index in [1.807, 2.05) is 0 Å². The lowest BCUT2D eigenvalue weighted by Crippen LogP contribution is -2.43. The fourth-order valence-corrected chi connectivity index (χ4v) is 1.53. The number of azide groups is 1. The Kier molecular flexibility index (Phi) is 5.99. The van der Waals surface area contributed by atoms with Crippen LogP contribution in [0.4, 0.5) is 4.39 Å². The van der Waals surface area contributed by atoms with Gasteiger partial charge in [0.25, 0.3) is 0 Å². The van der Waals surface area contributed by atoms with Gasteiger partial charge < -0.3 is 10.1 Å². The van der Waals surface area contributed by atoms with Crippen molar-refractivity contribution >= 4 is 11.9 Å². The van der Waals surface area contributed by atoms with Gasteiger partial charge in [0.1, 0.15) is 18.4 Å². The first kappa shape index (κ1) is 15.5. The van der Waals surface area contributed by atoms with Crippen LogP contribution in [0.15, 0.2) is 29.4 Å². The van der Waals surface area contributed by atoms with Crippen molar-refractivity contribution in [3.8, 4) is 0 Å². The van der Waals surface area contributed by atoms with Crippen molar-refractivity contribution in [2.75, 3.05) is 13.7 Å². The number of carbonyl (C=O) groups excluding carboxylic acids is 2. The van der Waals surface area contributed by atoms with Gasteiger partial charge in [0.2, 0.25) is 5.91 Å². The minimum Gasteiger partial charge on any atom is -0.467 e. The molecule has 106 valence electrons. The maximum absolute atomic E-state index is 12.8. The standard InChI is InChI=1S/C12H13FN4O3/c1-20-12(19)10(16-11(18)7-15-17-14)6-8-2-4-9(13)5-3-8/h2-5,10H,6-7H2,1H3,(H,16,18)/t10-/m0/s1. The number of halogens is 1. The second-order valence-corrected chi connectivity index (χ2v) is 3.86. The zero-order valence-electron chi connectivity index (χ0n) is 10.7. The smallest absolute Gasteiger partial charge is 0.328 e. The molecular formula is C12H13FN4O3. The van der Waals surface area contributed by atoms with Crippen LogP contribution in [0.1, 0.15) is 5.56 Å². The molecule has 7 nitrogen and oxygen atoms in total. The molecule has 0 aliphatic rings. The molecule has 1 aromatic rings. The number of hydrogen-bond acceptors (Lipinski definition) is 4. The second kappa shape index (κ2) is 7.75. The fraction of sp³-hybridized carbons (Fsp3) is 0.333. The topological polar surface area (TPSA) is 104 Å². The summed E-state index contributed by atoms with van der Waals surface area (Å²) in [5, 5.41) is 5.49. The Balaban J connectivity index is 2.74. The molecule has 0 bridgehead atoms. The average molecular weight is 280 g/mol. The van der Waals surface area contributed by atoms with Gasteiger partial charge in [0.15, 0.2) is 0 Å². The van der Waals surface area contributed by atoms with Gasteiger partial charge in [-0.1, -0.05) is 17.2 Å².